The molecule has 1 amide bonds. The van der Waals surface area contributed by atoms with Crippen LogP contribution in [-0.4, -0.2) is 38.8 Å². The van der Waals surface area contributed by atoms with Crippen LogP contribution in [0.2, 0.25) is 0 Å². The molecule has 1 atom stereocenters. The van der Waals surface area contributed by atoms with Crippen molar-refractivity contribution in [3.05, 3.63) is 58.1 Å². The fourth-order valence-corrected chi connectivity index (χ4v) is 3.80. The van der Waals surface area contributed by atoms with Gasteiger partial charge in [-0.1, -0.05) is 18.2 Å². The number of carbonyl (C=O) groups is 1. The molecule has 0 aliphatic carbocycles. The molecule has 0 saturated heterocycles. The molecule has 6 nitrogen and oxygen atoms in total. The average Bonchev–Trinajstić information content (AvgIpc) is 2.98. The van der Waals surface area contributed by atoms with E-state index >= 15 is 0 Å². The summed E-state index contributed by atoms with van der Waals surface area (Å²) in [5, 5.41) is 9.48. The first kappa shape index (κ1) is 18.6. The van der Waals surface area contributed by atoms with Gasteiger partial charge in [0, 0.05) is 18.2 Å². The van der Waals surface area contributed by atoms with Crippen LogP contribution >= 0.6 is 15.9 Å². The van der Waals surface area contributed by atoms with E-state index in [4.69, 9.17) is 0 Å². The molecular weight excluding hydrogens is 443 g/mol. The molecule has 3 aromatic rings. The first-order valence-electron chi connectivity index (χ1n) is 8.22. The number of imidazole rings is 1. The van der Waals surface area contributed by atoms with Crippen LogP contribution in [0, 0.1) is 5.82 Å². The van der Waals surface area contributed by atoms with E-state index in [9.17, 15) is 23.1 Å². The van der Waals surface area contributed by atoms with Gasteiger partial charge in [0.1, 0.15) is 17.4 Å². The van der Waals surface area contributed by atoms with Gasteiger partial charge in [-0.15, -0.1) is 0 Å². The van der Waals surface area contributed by atoms with Crippen LogP contribution in [0.3, 0.4) is 0 Å². The van der Waals surface area contributed by atoms with Crippen molar-refractivity contribution in [1.29, 1.82) is 0 Å². The highest BCUT2D eigenvalue weighted by Crippen LogP contribution is 2.37. The van der Waals surface area contributed by atoms with E-state index in [1.807, 2.05) is 0 Å². The van der Waals surface area contributed by atoms with Crippen molar-refractivity contribution in [2.24, 2.45) is 0 Å². The first-order chi connectivity index (χ1) is 13.3. The maximum atomic E-state index is 13.9. The predicted molar refractivity (Wildman–Crippen MR) is 97.0 cm³/mol. The Labute approximate surface area is 165 Å². The maximum absolute atomic E-state index is 13.9. The Morgan fingerprint density at radius 2 is 2.07 bits per heavy atom. The molecule has 10 heteroatoms. The van der Waals surface area contributed by atoms with E-state index < -0.39 is 24.6 Å². The number of rotatable bonds is 3. The number of para-hydroxylation sites is 1. The van der Waals surface area contributed by atoms with Crippen molar-refractivity contribution >= 4 is 33.1 Å². The van der Waals surface area contributed by atoms with Crippen LogP contribution in [0.15, 0.2) is 40.9 Å². The second-order valence-corrected chi connectivity index (χ2v) is 7.10. The van der Waals surface area contributed by atoms with Gasteiger partial charge in [0.05, 0.1) is 28.1 Å². The highest BCUT2D eigenvalue weighted by molar-refractivity contribution is 9.10. The summed E-state index contributed by atoms with van der Waals surface area (Å²) in [5.41, 5.74) is 1.29. The third kappa shape index (κ3) is 3.17. The molecule has 4 rings (SSSR count). The van der Waals surface area contributed by atoms with E-state index in [0.29, 0.717) is 22.4 Å². The molecule has 1 aliphatic heterocycles. The van der Waals surface area contributed by atoms with Gasteiger partial charge in [-0.3, -0.25) is 4.90 Å². The molecule has 0 spiro atoms. The third-order valence-electron chi connectivity index (χ3n) is 4.61. The van der Waals surface area contributed by atoms with Crippen molar-refractivity contribution in [1.82, 2.24) is 14.5 Å². The number of halogens is 4. The Morgan fingerprint density at radius 3 is 2.79 bits per heavy atom. The largest absolute Gasteiger partial charge is 0.465 e. The van der Waals surface area contributed by atoms with Crippen LogP contribution < -0.4 is 4.74 Å². The summed E-state index contributed by atoms with van der Waals surface area (Å²) in [6, 6.07) is 8.32. The normalized spacial score (nSPS) is 16.5. The van der Waals surface area contributed by atoms with Crippen LogP contribution in [0.5, 0.6) is 5.75 Å². The SMILES string of the molecule is O=C(O)N1Cc2nc3cc(F)c(Br)cc3n2[C@H](c2ccccc2OC(F)F)C1. The molecular formula is C18H13BrF3N3O3. The van der Waals surface area contributed by atoms with E-state index in [-0.39, 0.29) is 23.3 Å². The van der Waals surface area contributed by atoms with Crippen molar-refractivity contribution in [2.45, 2.75) is 19.2 Å². The highest BCUT2D eigenvalue weighted by atomic mass is 79.9. The zero-order valence-electron chi connectivity index (χ0n) is 14.2. The predicted octanol–water partition coefficient (Wildman–Crippen LogP) is 4.62. The summed E-state index contributed by atoms with van der Waals surface area (Å²) in [6.07, 6.45) is -1.16. The van der Waals surface area contributed by atoms with Crippen molar-refractivity contribution < 1.29 is 27.8 Å². The van der Waals surface area contributed by atoms with Gasteiger partial charge in [0.25, 0.3) is 0 Å². The summed E-state index contributed by atoms with van der Waals surface area (Å²) in [7, 11) is 0. The monoisotopic (exact) mass is 455 g/mol. The second kappa shape index (κ2) is 7.01. The number of fused-ring (bicyclic) bond motifs is 3. The topological polar surface area (TPSA) is 67.6 Å². The Kier molecular flexibility index (Phi) is 4.66. The van der Waals surface area contributed by atoms with E-state index in [0.717, 1.165) is 4.90 Å². The lowest BCUT2D eigenvalue weighted by atomic mass is 10.0. The Morgan fingerprint density at radius 1 is 1.32 bits per heavy atom. The highest BCUT2D eigenvalue weighted by Gasteiger charge is 2.33. The quantitative estimate of drug-likeness (QED) is 0.625. The molecule has 0 unspecified atom stereocenters. The second-order valence-electron chi connectivity index (χ2n) is 6.25. The van der Waals surface area contributed by atoms with Gasteiger partial charge in [0.2, 0.25) is 0 Å². The summed E-state index contributed by atoms with van der Waals surface area (Å²) >= 11 is 3.14. The first-order valence-corrected chi connectivity index (χ1v) is 9.02. The lowest BCUT2D eigenvalue weighted by Gasteiger charge is -2.33. The van der Waals surface area contributed by atoms with Gasteiger partial charge in [0.15, 0.2) is 0 Å². The number of alkyl halides is 2. The number of ether oxygens (including phenoxy) is 1. The number of hydrogen-bond acceptors (Lipinski definition) is 3. The van der Waals surface area contributed by atoms with Gasteiger partial charge >= 0.3 is 12.7 Å². The van der Waals surface area contributed by atoms with Crippen LogP contribution in [0.4, 0.5) is 18.0 Å². The minimum absolute atomic E-state index is 0.00236. The number of hydrogen-bond donors (Lipinski definition) is 1. The zero-order valence-corrected chi connectivity index (χ0v) is 15.7. The standard InChI is InChI=1S/C18H13BrF3N3O3/c19-10-5-13-12(6-11(10)20)23-16-8-24(18(26)27)7-14(25(13)16)9-3-1-2-4-15(9)28-17(21)22/h1-6,14,17H,7-8H2,(H,26,27)/t14-/m0/s1. The summed E-state index contributed by atoms with van der Waals surface area (Å²) in [4.78, 5) is 17.1. The van der Waals surface area contributed by atoms with Gasteiger partial charge in [-0.25, -0.2) is 14.2 Å². The molecule has 1 aliphatic rings. The summed E-state index contributed by atoms with van der Waals surface area (Å²) in [5.74, 6) is -0.169. The lowest BCUT2D eigenvalue weighted by molar-refractivity contribution is -0.0508. The smallest absolute Gasteiger partial charge is 0.407 e. The molecule has 0 fully saturated rings. The Balaban J connectivity index is 1.93. The molecule has 1 N–H and O–H groups in total. The van der Waals surface area contributed by atoms with Gasteiger partial charge in [-0.2, -0.15) is 8.78 Å². The molecule has 2 heterocycles. The zero-order chi connectivity index (χ0) is 20.0. The van der Waals surface area contributed by atoms with Crippen molar-refractivity contribution in [3.8, 4) is 5.75 Å². The van der Waals surface area contributed by atoms with Gasteiger partial charge in [-0.05, 0) is 28.1 Å². The fourth-order valence-electron chi connectivity index (χ4n) is 3.47. The van der Waals surface area contributed by atoms with Crippen molar-refractivity contribution in [2.75, 3.05) is 6.54 Å². The van der Waals surface area contributed by atoms with Crippen LogP contribution in [-0.2, 0) is 6.54 Å². The van der Waals surface area contributed by atoms with Crippen LogP contribution in [0.25, 0.3) is 11.0 Å². The Bertz CT molecular complexity index is 1070. The van der Waals surface area contributed by atoms with Gasteiger partial charge < -0.3 is 14.4 Å². The molecule has 146 valence electrons. The third-order valence-corrected chi connectivity index (χ3v) is 5.21. The van der Waals surface area contributed by atoms with E-state index in [1.165, 1.54) is 12.1 Å². The van der Waals surface area contributed by atoms with E-state index in [1.54, 1.807) is 28.8 Å². The minimum atomic E-state index is -3.03. The molecule has 1 aromatic heterocycles. The lowest BCUT2D eigenvalue weighted by Crippen LogP contribution is -2.41. The average molecular weight is 456 g/mol. The molecule has 0 saturated carbocycles. The fraction of sp³-hybridized carbons (Fsp3) is 0.222. The Hall–Kier alpha value is -2.75. The van der Waals surface area contributed by atoms with Crippen molar-refractivity contribution in [3.63, 3.8) is 0 Å². The summed E-state index contributed by atoms with van der Waals surface area (Å²) in [6.45, 7) is -3.02. The van der Waals surface area contributed by atoms with Crippen LogP contribution in [0.1, 0.15) is 17.4 Å². The number of carboxylic acid groups (broad SMARTS) is 1. The molecule has 2 aromatic carbocycles. The number of nitrogens with zero attached hydrogens (tertiary/aromatic N) is 3. The van der Waals surface area contributed by atoms with E-state index in [2.05, 4.69) is 25.7 Å². The maximum Gasteiger partial charge on any atom is 0.407 e. The molecule has 0 bridgehead atoms. The number of aromatic nitrogens is 2. The molecule has 0 radical (unpaired) electrons. The minimum Gasteiger partial charge on any atom is -0.465 e. The summed E-state index contributed by atoms with van der Waals surface area (Å²) < 4.78 is 46.3. The number of benzene rings is 2. The molecule has 28 heavy (non-hydrogen) atoms. The number of amides is 1.